The molecule has 0 saturated heterocycles. The number of alkyl halides is 3. The van der Waals surface area contributed by atoms with Crippen LogP contribution in [0.15, 0.2) is 11.7 Å². The maximum absolute atomic E-state index is 12.1. The van der Waals surface area contributed by atoms with Gasteiger partial charge in [-0.05, 0) is 0 Å². The zero-order chi connectivity index (χ0) is 12.2. The van der Waals surface area contributed by atoms with E-state index in [-0.39, 0.29) is 11.4 Å². The Morgan fingerprint density at radius 1 is 1.56 bits per heavy atom. The van der Waals surface area contributed by atoms with Gasteiger partial charge in [0.15, 0.2) is 0 Å². The summed E-state index contributed by atoms with van der Waals surface area (Å²) in [5.74, 6) is -0.770. The first-order valence-corrected chi connectivity index (χ1v) is 5.17. The Morgan fingerprint density at radius 2 is 2.25 bits per heavy atom. The molecule has 1 rings (SSSR count). The normalized spacial score (nSPS) is 11.5. The van der Waals surface area contributed by atoms with E-state index in [0.717, 1.165) is 11.3 Å². The van der Waals surface area contributed by atoms with Crippen LogP contribution in [0.2, 0.25) is 0 Å². The monoisotopic (exact) mass is 254 g/mol. The summed E-state index contributed by atoms with van der Waals surface area (Å²) < 4.78 is 36.4. The van der Waals surface area contributed by atoms with Crippen molar-refractivity contribution in [2.24, 2.45) is 0 Å². The number of hydrogen-bond donors (Lipinski definition) is 1. The highest BCUT2D eigenvalue weighted by Gasteiger charge is 2.33. The Labute approximate surface area is 93.3 Å². The quantitative estimate of drug-likeness (QED) is 0.876. The number of aromatic nitrogens is 1. The van der Waals surface area contributed by atoms with Crippen molar-refractivity contribution in [3.8, 4) is 0 Å². The van der Waals surface area contributed by atoms with E-state index >= 15 is 0 Å². The lowest BCUT2D eigenvalue weighted by Crippen LogP contribution is -2.40. The molecule has 0 aliphatic heterocycles. The van der Waals surface area contributed by atoms with E-state index in [1.54, 1.807) is 0 Å². The van der Waals surface area contributed by atoms with Crippen molar-refractivity contribution in [1.82, 2.24) is 9.88 Å². The Bertz CT molecular complexity index is 340. The first-order valence-electron chi connectivity index (χ1n) is 4.29. The van der Waals surface area contributed by atoms with Gasteiger partial charge in [0.25, 0.3) is 5.91 Å². The fraction of sp³-hybridized carbons (Fsp3) is 0.500. The predicted molar refractivity (Wildman–Crippen MR) is 51.2 cm³/mol. The number of carbonyl (C=O) groups is 1. The molecule has 0 bridgehead atoms. The highest BCUT2D eigenvalue weighted by Crippen LogP contribution is 2.18. The molecule has 4 nitrogen and oxygen atoms in total. The summed E-state index contributed by atoms with van der Waals surface area (Å²) in [5.41, 5.74) is 1.36. The summed E-state index contributed by atoms with van der Waals surface area (Å²) in [6, 6.07) is 0. The molecule has 1 aromatic heterocycles. The van der Waals surface area contributed by atoms with Gasteiger partial charge in [-0.2, -0.15) is 13.2 Å². The number of halogens is 3. The van der Waals surface area contributed by atoms with E-state index in [1.165, 1.54) is 11.7 Å². The molecular weight excluding hydrogens is 245 g/mol. The average molecular weight is 254 g/mol. The van der Waals surface area contributed by atoms with E-state index in [0.29, 0.717) is 4.90 Å². The zero-order valence-electron chi connectivity index (χ0n) is 8.07. The van der Waals surface area contributed by atoms with Crippen LogP contribution in [0.4, 0.5) is 13.2 Å². The van der Waals surface area contributed by atoms with Gasteiger partial charge in [-0.3, -0.25) is 9.78 Å². The Hall–Kier alpha value is -1.15. The third-order valence-corrected chi connectivity index (χ3v) is 2.43. The van der Waals surface area contributed by atoms with Crippen molar-refractivity contribution < 1.29 is 23.1 Å². The number of rotatable bonds is 4. The van der Waals surface area contributed by atoms with Crippen LogP contribution >= 0.6 is 11.3 Å². The largest absolute Gasteiger partial charge is 0.406 e. The first kappa shape index (κ1) is 12.9. The van der Waals surface area contributed by atoms with Crippen LogP contribution in [0.3, 0.4) is 0 Å². The summed E-state index contributed by atoms with van der Waals surface area (Å²) in [5, 5.41) is 8.61. The zero-order valence-corrected chi connectivity index (χ0v) is 8.88. The van der Waals surface area contributed by atoms with Crippen LogP contribution in [0.25, 0.3) is 0 Å². The second kappa shape index (κ2) is 5.26. The molecule has 0 aromatic carbocycles. The summed E-state index contributed by atoms with van der Waals surface area (Å²) >= 11 is 0.960. The average Bonchev–Trinajstić information content (AvgIpc) is 2.66. The second-order valence-electron chi connectivity index (χ2n) is 2.93. The maximum Gasteiger partial charge on any atom is 0.406 e. The third-order valence-electron chi connectivity index (χ3n) is 1.67. The molecule has 0 spiro atoms. The van der Waals surface area contributed by atoms with Gasteiger partial charge in [0, 0.05) is 6.54 Å². The van der Waals surface area contributed by atoms with Crippen LogP contribution in [0.5, 0.6) is 0 Å². The molecule has 0 aliphatic carbocycles. The molecule has 90 valence electrons. The molecule has 8 heteroatoms. The predicted octanol–water partition coefficient (Wildman–Crippen LogP) is 1.14. The van der Waals surface area contributed by atoms with Crippen molar-refractivity contribution in [2.45, 2.75) is 6.18 Å². The molecule has 0 radical (unpaired) electrons. The molecule has 0 atom stereocenters. The number of nitrogens with zero attached hydrogens (tertiary/aromatic N) is 2. The molecule has 16 heavy (non-hydrogen) atoms. The van der Waals surface area contributed by atoms with Gasteiger partial charge in [0.2, 0.25) is 0 Å². The van der Waals surface area contributed by atoms with Gasteiger partial charge in [0.05, 0.1) is 18.3 Å². The number of thiazole rings is 1. The fourth-order valence-corrected chi connectivity index (χ4v) is 1.65. The molecule has 1 N–H and O–H groups in total. The van der Waals surface area contributed by atoms with Crippen LogP contribution in [0, 0.1) is 0 Å². The fourth-order valence-electron chi connectivity index (χ4n) is 1.07. The molecule has 0 saturated carbocycles. The second-order valence-corrected chi connectivity index (χ2v) is 3.82. The summed E-state index contributed by atoms with van der Waals surface area (Å²) in [4.78, 5) is 15.8. The Morgan fingerprint density at radius 3 is 2.69 bits per heavy atom. The lowest BCUT2D eigenvalue weighted by atomic mass is 10.4. The number of carbonyl (C=O) groups excluding carboxylic acids is 1. The van der Waals surface area contributed by atoms with E-state index < -0.39 is 25.2 Å². The van der Waals surface area contributed by atoms with Gasteiger partial charge >= 0.3 is 6.18 Å². The first-order chi connectivity index (χ1) is 7.44. The molecule has 0 fully saturated rings. The standard InChI is InChI=1S/C8H9F3N2O2S/c9-8(10,11)4-13(1-2-14)7(15)6-3-12-5-16-6/h3,5,14H,1-2,4H2. The number of amides is 1. The van der Waals surface area contributed by atoms with E-state index in [9.17, 15) is 18.0 Å². The topological polar surface area (TPSA) is 53.4 Å². The minimum absolute atomic E-state index is 0.123. The Balaban J connectivity index is 2.74. The smallest absolute Gasteiger partial charge is 0.395 e. The molecular formula is C8H9F3N2O2S. The minimum Gasteiger partial charge on any atom is -0.395 e. The van der Waals surface area contributed by atoms with Crippen LogP contribution in [0.1, 0.15) is 9.67 Å². The van der Waals surface area contributed by atoms with Crippen LogP contribution < -0.4 is 0 Å². The number of hydrogen-bond acceptors (Lipinski definition) is 4. The van der Waals surface area contributed by atoms with E-state index in [1.807, 2.05) is 0 Å². The van der Waals surface area contributed by atoms with Crippen molar-refractivity contribution in [1.29, 1.82) is 0 Å². The van der Waals surface area contributed by atoms with Gasteiger partial charge < -0.3 is 10.0 Å². The third kappa shape index (κ3) is 3.78. The van der Waals surface area contributed by atoms with Crippen molar-refractivity contribution in [3.63, 3.8) is 0 Å². The lowest BCUT2D eigenvalue weighted by molar-refractivity contribution is -0.141. The summed E-state index contributed by atoms with van der Waals surface area (Å²) in [7, 11) is 0. The Kier molecular flexibility index (Phi) is 4.25. The number of aliphatic hydroxyl groups excluding tert-OH is 1. The van der Waals surface area contributed by atoms with Crippen molar-refractivity contribution >= 4 is 17.2 Å². The van der Waals surface area contributed by atoms with Crippen LogP contribution in [-0.2, 0) is 0 Å². The van der Waals surface area contributed by atoms with Gasteiger partial charge in [-0.1, -0.05) is 0 Å². The number of aliphatic hydroxyl groups is 1. The van der Waals surface area contributed by atoms with E-state index in [4.69, 9.17) is 5.11 Å². The molecule has 1 heterocycles. The van der Waals surface area contributed by atoms with Crippen molar-refractivity contribution in [2.75, 3.05) is 19.7 Å². The highest BCUT2D eigenvalue weighted by atomic mass is 32.1. The molecule has 1 amide bonds. The van der Waals surface area contributed by atoms with Gasteiger partial charge in [-0.25, -0.2) is 0 Å². The lowest BCUT2D eigenvalue weighted by Gasteiger charge is -2.22. The maximum atomic E-state index is 12.1. The highest BCUT2D eigenvalue weighted by molar-refractivity contribution is 7.11. The summed E-state index contributed by atoms with van der Waals surface area (Å²) in [6.07, 6.45) is -3.27. The SMILES string of the molecule is O=C(c1cncs1)N(CCO)CC(F)(F)F. The molecule has 1 aromatic rings. The van der Waals surface area contributed by atoms with Gasteiger partial charge in [-0.15, -0.1) is 11.3 Å². The molecule has 0 unspecified atom stereocenters. The molecule has 0 aliphatic rings. The summed E-state index contributed by atoms with van der Waals surface area (Å²) in [6.45, 7) is -2.23. The van der Waals surface area contributed by atoms with Gasteiger partial charge in [0.1, 0.15) is 11.4 Å². The van der Waals surface area contributed by atoms with E-state index in [2.05, 4.69) is 4.98 Å². The minimum atomic E-state index is -4.48. The van der Waals surface area contributed by atoms with Crippen molar-refractivity contribution in [3.05, 3.63) is 16.6 Å². The van der Waals surface area contributed by atoms with Crippen LogP contribution in [-0.4, -0.2) is 46.8 Å².